The first kappa shape index (κ1) is 26.9. The van der Waals surface area contributed by atoms with Gasteiger partial charge in [0.2, 0.25) is 0 Å². The van der Waals surface area contributed by atoms with Crippen molar-refractivity contribution in [1.82, 2.24) is 9.13 Å². The van der Waals surface area contributed by atoms with E-state index in [0.29, 0.717) is 0 Å². The second-order valence-corrected chi connectivity index (χ2v) is 14.6. The van der Waals surface area contributed by atoms with Gasteiger partial charge in [0.15, 0.2) is 0 Å². The van der Waals surface area contributed by atoms with Gasteiger partial charge in [0.1, 0.15) is 0 Å². The zero-order chi connectivity index (χ0) is 31.7. The number of benzene rings is 9. The van der Waals surface area contributed by atoms with E-state index in [-0.39, 0.29) is 0 Å². The summed E-state index contributed by atoms with van der Waals surface area (Å²) in [6.45, 7) is 0. The molecular weight excluding hydrogens is 716 g/mol. The van der Waals surface area contributed by atoms with Gasteiger partial charge in [-0.2, -0.15) is 0 Å². The molecule has 0 bridgehead atoms. The minimum Gasteiger partial charge on any atom is -0.309 e. The quantitative estimate of drug-likeness (QED) is 0.123. The summed E-state index contributed by atoms with van der Waals surface area (Å²) in [6, 6.07) is 53.6. The van der Waals surface area contributed by atoms with Crippen molar-refractivity contribution in [3.63, 3.8) is 0 Å². The van der Waals surface area contributed by atoms with Gasteiger partial charge in [0.05, 0.1) is 22.1 Å². The Morgan fingerprint density at radius 3 is 1.15 bits per heavy atom. The fraction of sp³-hybridized carbons (Fsp3) is 0. The van der Waals surface area contributed by atoms with E-state index in [1.165, 1.54) is 86.7 Å². The topological polar surface area (TPSA) is 9.86 Å². The van der Waals surface area contributed by atoms with E-state index >= 15 is 0 Å². The standard InChI is InChI=1S/C44H24Br2N2/c45-25-17-19-31-37(21-25)47(27-9-3-1-4-10-27)39-23-35-36-24-40-44(32-20-18-26(46)22-38(32)48(40)28-11-5-2-6-12-28)34-16-8-14-30(42(34)36)29-13-7-15-33(41(29)35)43(31)39/h1-24H. The Morgan fingerprint density at radius 1 is 0.292 bits per heavy atom. The molecule has 0 spiro atoms. The van der Waals surface area contributed by atoms with Crippen LogP contribution >= 0.6 is 31.9 Å². The molecule has 0 unspecified atom stereocenters. The molecule has 0 saturated heterocycles. The van der Waals surface area contributed by atoms with Gasteiger partial charge < -0.3 is 9.13 Å². The van der Waals surface area contributed by atoms with E-state index in [2.05, 4.69) is 187 Å². The third-order valence-corrected chi connectivity index (χ3v) is 11.3. The number of aromatic nitrogens is 2. The largest absolute Gasteiger partial charge is 0.309 e. The van der Waals surface area contributed by atoms with Crippen LogP contribution in [0.4, 0.5) is 0 Å². The second-order valence-electron chi connectivity index (χ2n) is 12.8. The summed E-state index contributed by atoms with van der Waals surface area (Å²) in [4.78, 5) is 0. The monoisotopic (exact) mass is 738 g/mol. The molecule has 2 aromatic heterocycles. The molecule has 2 nitrogen and oxygen atoms in total. The minimum absolute atomic E-state index is 1.07. The Bertz CT molecular complexity index is 2900. The Balaban J connectivity index is 1.43. The zero-order valence-electron chi connectivity index (χ0n) is 25.5. The SMILES string of the molecule is Brc1ccc2c3c4cccc5c6cccc7c6c(cc6c7c7ccc(Br)cc7n6-c6ccccc6)c(cc3n(-c3ccccc3)c2c1)c54. The molecule has 0 aliphatic rings. The van der Waals surface area contributed by atoms with Crippen LogP contribution in [0.1, 0.15) is 0 Å². The molecule has 0 radical (unpaired) electrons. The maximum atomic E-state index is 3.78. The van der Waals surface area contributed by atoms with Crippen molar-refractivity contribution in [3.05, 3.63) is 155 Å². The molecule has 11 rings (SSSR count). The first-order valence-electron chi connectivity index (χ1n) is 16.2. The molecule has 0 N–H and O–H groups in total. The number of hydrogen-bond acceptors (Lipinski definition) is 0. The first-order valence-corrected chi connectivity index (χ1v) is 17.7. The fourth-order valence-corrected chi connectivity index (χ4v) is 9.20. The van der Waals surface area contributed by atoms with Crippen LogP contribution in [0, 0.1) is 0 Å². The highest BCUT2D eigenvalue weighted by atomic mass is 79.9. The van der Waals surface area contributed by atoms with Crippen LogP contribution < -0.4 is 0 Å². The van der Waals surface area contributed by atoms with Gasteiger partial charge in [-0.3, -0.25) is 0 Å². The molecule has 0 saturated carbocycles. The van der Waals surface area contributed by atoms with Gasteiger partial charge in [-0.15, -0.1) is 0 Å². The van der Waals surface area contributed by atoms with Crippen molar-refractivity contribution in [1.29, 1.82) is 0 Å². The summed E-state index contributed by atoms with van der Waals surface area (Å²) >= 11 is 7.57. The number of nitrogens with zero attached hydrogens (tertiary/aromatic N) is 2. The van der Waals surface area contributed by atoms with E-state index in [9.17, 15) is 0 Å². The Hall–Kier alpha value is -5.16. The summed E-state index contributed by atoms with van der Waals surface area (Å²) in [7, 11) is 0. The van der Waals surface area contributed by atoms with Gasteiger partial charge in [0, 0.05) is 41.9 Å². The first-order chi connectivity index (χ1) is 23.7. The third-order valence-electron chi connectivity index (χ3n) is 10.3. The highest BCUT2D eigenvalue weighted by molar-refractivity contribution is 9.10. The molecule has 0 fully saturated rings. The molecule has 11 aromatic rings. The molecular formula is C44H24Br2N2. The number of hydrogen-bond donors (Lipinski definition) is 0. The van der Waals surface area contributed by atoms with Crippen LogP contribution in [0.15, 0.2) is 155 Å². The van der Waals surface area contributed by atoms with Gasteiger partial charge in [0.25, 0.3) is 0 Å². The van der Waals surface area contributed by atoms with Crippen molar-refractivity contribution in [3.8, 4) is 11.4 Å². The van der Waals surface area contributed by atoms with Crippen molar-refractivity contribution >= 4 is 119 Å². The predicted octanol–water partition coefficient (Wildman–Crippen LogP) is 13.5. The van der Waals surface area contributed by atoms with Gasteiger partial charge >= 0.3 is 0 Å². The highest BCUT2D eigenvalue weighted by Gasteiger charge is 2.23. The summed E-state index contributed by atoms with van der Waals surface area (Å²) < 4.78 is 7.02. The molecule has 2 heterocycles. The smallest absolute Gasteiger partial charge is 0.0553 e. The van der Waals surface area contributed by atoms with Crippen molar-refractivity contribution < 1.29 is 0 Å². The Kier molecular flexibility index (Phi) is 5.43. The van der Waals surface area contributed by atoms with E-state index in [1.54, 1.807) is 0 Å². The molecule has 0 aliphatic carbocycles. The lowest BCUT2D eigenvalue weighted by atomic mass is 9.87. The summed E-state index contributed by atoms with van der Waals surface area (Å²) in [6.07, 6.45) is 0. The Morgan fingerprint density at radius 2 is 0.708 bits per heavy atom. The van der Waals surface area contributed by atoms with Gasteiger partial charge in [-0.1, -0.05) is 117 Å². The normalized spacial score (nSPS) is 12.4. The maximum absolute atomic E-state index is 3.78. The molecule has 0 atom stereocenters. The summed E-state index contributed by atoms with van der Waals surface area (Å²) in [5.74, 6) is 0. The minimum atomic E-state index is 1.07. The number of fused-ring (bicyclic) bond motifs is 10. The molecule has 0 aliphatic heterocycles. The van der Waals surface area contributed by atoms with E-state index in [4.69, 9.17) is 0 Å². The van der Waals surface area contributed by atoms with Crippen LogP contribution in [-0.4, -0.2) is 9.13 Å². The zero-order valence-corrected chi connectivity index (χ0v) is 28.7. The lowest BCUT2D eigenvalue weighted by Gasteiger charge is -2.17. The number of rotatable bonds is 2. The van der Waals surface area contributed by atoms with Crippen LogP contribution in [0.5, 0.6) is 0 Å². The average Bonchev–Trinajstić information content (AvgIpc) is 3.62. The van der Waals surface area contributed by atoms with Gasteiger partial charge in [-0.05, 0) is 104 Å². The molecule has 4 heteroatoms. The lowest BCUT2D eigenvalue weighted by molar-refractivity contribution is 1.18. The Labute approximate surface area is 292 Å². The van der Waals surface area contributed by atoms with E-state index in [0.717, 1.165) is 20.3 Å². The van der Waals surface area contributed by atoms with Crippen LogP contribution in [0.3, 0.4) is 0 Å². The highest BCUT2D eigenvalue weighted by Crippen LogP contribution is 2.49. The van der Waals surface area contributed by atoms with Gasteiger partial charge in [-0.25, -0.2) is 0 Å². The lowest BCUT2D eigenvalue weighted by Crippen LogP contribution is -1.95. The number of para-hydroxylation sites is 2. The fourth-order valence-electron chi connectivity index (χ4n) is 8.50. The van der Waals surface area contributed by atoms with Crippen molar-refractivity contribution in [2.75, 3.05) is 0 Å². The van der Waals surface area contributed by atoms with Crippen LogP contribution in [-0.2, 0) is 0 Å². The predicted molar refractivity (Wildman–Crippen MR) is 212 cm³/mol. The van der Waals surface area contributed by atoms with E-state index < -0.39 is 0 Å². The van der Waals surface area contributed by atoms with Crippen molar-refractivity contribution in [2.45, 2.75) is 0 Å². The molecule has 9 aromatic carbocycles. The maximum Gasteiger partial charge on any atom is 0.0553 e. The molecule has 0 amide bonds. The van der Waals surface area contributed by atoms with Crippen LogP contribution in [0.2, 0.25) is 0 Å². The summed E-state index contributed by atoms with van der Waals surface area (Å²) in [5.41, 5.74) is 7.14. The molecule has 224 valence electrons. The van der Waals surface area contributed by atoms with E-state index in [1.807, 2.05) is 0 Å². The van der Waals surface area contributed by atoms with Crippen LogP contribution in [0.25, 0.3) is 98.1 Å². The second kappa shape index (κ2) is 9.70. The summed E-state index contributed by atoms with van der Waals surface area (Å²) in [5, 5.41) is 15.5. The van der Waals surface area contributed by atoms with Crippen molar-refractivity contribution in [2.24, 2.45) is 0 Å². The molecule has 48 heavy (non-hydrogen) atoms. The number of halogens is 2. The average molecular weight is 740 g/mol. The third kappa shape index (κ3) is 3.46.